The number of aliphatic hydroxyl groups excluding tert-OH is 1. The van der Waals surface area contributed by atoms with Crippen LogP contribution in [0.5, 0.6) is 0 Å². The molecule has 0 radical (unpaired) electrons. The fourth-order valence-corrected chi connectivity index (χ4v) is 1.85. The van der Waals surface area contributed by atoms with Crippen LogP contribution in [0.1, 0.15) is 41.5 Å². The first-order valence-corrected chi connectivity index (χ1v) is 7.62. The first kappa shape index (κ1) is 19.9. The number of carbonyl (C=O) groups excluding carboxylic acids is 1. The Morgan fingerprint density at radius 3 is 2.00 bits per heavy atom. The van der Waals surface area contributed by atoms with Crippen molar-refractivity contribution < 1.29 is 19.4 Å². The van der Waals surface area contributed by atoms with Gasteiger partial charge in [0, 0.05) is 6.07 Å². The third-order valence-corrected chi connectivity index (χ3v) is 2.52. The van der Waals surface area contributed by atoms with Crippen LogP contribution in [0.3, 0.4) is 0 Å². The second-order valence-corrected chi connectivity index (χ2v) is 7.49. The summed E-state index contributed by atoms with van der Waals surface area (Å²) in [5, 5.41) is 10.3. The summed E-state index contributed by atoms with van der Waals surface area (Å²) in [6.07, 6.45) is -2.58. The average molecular weight is 366 g/mol. The Morgan fingerprint density at radius 2 is 1.61 bits per heavy atom. The number of halogens is 2. The monoisotopic (exact) mass is 365 g/mol. The van der Waals surface area contributed by atoms with E-state index in [-0.39, 0.29) is 16.3 Å². The van der Waals surface area contributed by atoms with Crippen LogP contribution < -0.4 is 4.90 Å². The predicted octanol–water partition coefficient (Wildman–Crippen LogP) is 3.62. The van der Waals surface area contributed by atoms with E-state index in [4.69, 9.17) is 32.7 Å². The van der Waals surface area contributed by atoms with Gasteiger partial charge in [-0.1, -0.05) is 23.2 Å². The minimum absolute atomic E-state index is 0.0107. The summed E-state index contributed by atoms with van der Waals surface area (Å²) < 4.78 is 10.6. The van der Waals surface area contributed by atoms with Gasteiger partial charge >= 0.3 is 6.09 Å². The zero-order chi connectivity index (χ0) is 18.0. The van der Waals surface area contributed by atoms with Crippen molar-refractivity contribution in [2.24, 2.45) is 0 Å². The fourth-order valence-electron chi connectivity index (χ4n) is 1.44. The number of hydrogen-bond donors (Lipinski definition) is 1. The van der Waals surface area contributed by atoms with E-state index in [9.17, 15) is 9.90 Å². The predicted molar refractivity (Wildman–Crippen MR) is 87.6 cm³/mol. The van der Waals surface area contributed by atoms with E-state index < -0.39 is 23.7 Å². The maximum Gasteiger partial charge on any atom is 0.421 e. The van der Waals surface area contributed by atoms with Crippen molar-refractivity contribution >= 4 is 35.2 Å². The number of hydrogen-bond acceptors (Lipinski definition) is 6. The van der Waals surface area contributed by atoms with Crippen molar-refractivity contribution in [3.63, 3.8) is 0 Å². The summed E-state index contributed by atoms with van der Waals surface area (Å²) in [5.41, 5.74) is -1.53. The summed E-state index contributed by atoms with van der Waals surface area (Å²) in [7, 11) is 0. The number of amides is 1. The maximum absolute atomic E-state index is 12.4. The number of ether oxygens (including phenoxy) is 2. The lowest BCUT2D eigenvalue weighted by molar-refractivity contribution is -0.163. The summed E-state index contributed by atoms with van der Waals surface area (Å²) in [4.78, 5) is 20.9. The van der Waals surface area contributed by atoms with Gasteiger partial charge in [0.25, 0.3) is 0 Å². The van der Waals surface area contributed by atoms with Crippen LogP contribution in [0.4, 0.5) is 10.7 Å². The smallest absolute Gasteiger partial charge is 0.421 e. The molecule has 1 aromatic heterocycles. The first-order chi connectivity index (χ1) is 10.3. The van der Waals surface area contributed by atoms with Gasteiger partial charge in [-0.25, -0.2) is 14.8 Å². The maximum atomic E-state index is 12.4. The summed E-state index contributed by atoms with van der Waals surface area (Å²) in [6, 6.07) is 1.30. The molecule has 23 heavy (non-hydrogen) atoms. The normalized spacial score (nSPS) is 13.6. The number of aliphatic hydroxyl groups is 1. The average Bonchev–Trinajstić information content (AvgIpc) is 2.21. The molecule has 1 atom stereocenters. The topological polar surface area (TPSA) is 84.8 Å². The van der Waals surface area contributed by atoms with Crippen LogP contribution in [0.25, 0.3) is 0 Å². The molecule has 0 bridgehead atoms. The molecule has 130 valence electrons. The lowest BCUT2D eigenvalue weighted by atomic mass is 10.2. The summed E-state index contributed by atoms with van der Waals surface area (Å²) in [5.74, 6) is -0.228. The zero-order valence-corrected chi connectivity index (χ0v) is 15.4. The lowest BCUT2D eigenvalue weighted by Gasteiger charge is -2.32. The summed E-state index contributed by atoms with van der Waals surface area (Å²) >= 11 is 11.7. The summed E-state index contributed by atoms with van der Waals surface area (Å²) in [6.45, 7) is 10.2. The second-order valence-electron chi connectivity index (χ2n) is 6.72. The minimum atomic E-state index is -1.68. The number of carbonyl (C=O) groups is 1. The molecule has 1 unspecified atom stereocenters. The highest BCUT2D eigenvalue weighted by Crippen LogP contribution is 2.23. The van der Waals surface area contributed by atoms with Gasteiger partial charge in [0.05, 0.1) is 5.60 Å². The standard InChI is InChI=1S/C14H21Cl2N3O4/c1-13(2,3)22-11(20)19(12(21)23-14(4,5)6)10-17-8(15)7-9(16)18-10/h7,11,20H,1-6H3. The van der Waals surface area contributed by atoms with Gasteiger partial charge < -0.3 is 14.6 Å². The van der Waals surface area contributed by atoms with Crippen LogP contribution in [-0.2, 0) is 9.47 Å². The van der Waals surface area contributed by atoms with E-state index in [1.54, 1.807) is 41.5 Å². The Hall–Kier alpha value is -1.15. The van der Waals surface area contributed by atoms with Gasteiger partial charge in [-0.3, -0.25) is 0 Å². The zero-order valence-electron chi connectivity index (χ0n) is 13.9. The molecular weight excluding hydrogens is 345 g/mol. The molecule has 1 amide bonds. The molecule has 0 aliphatic carbocycles. The third-order valence-electron chi connectivity index (χ3n) is 2.14. The van der Waals surface area contributed by atoms with E-state index in [1.165, 1.54) is 6.07 Å². The Balaban J connectivity index is 3.22. The van der Waals surface area contributed by atoms with Crippen LogP contribution in [-0.4, -0.2) is 38.8 Å². The van der Waals surface area contributed by atoms with Gasteiger partial charge in [-0.15, -0.1) is 0 Å². The van der Waals surface area contributed by atoms with E-state index >= 15 is 0 Å². The van der Waals surface area contributed by atoms with Gasteiger partial charge in [0.1, 0.15) is 15.9 Å². The van der Waals surface area contributed by atoms with Crippen LogP contribution in [0, 0.1) is 0 Å². The Kier molecular flexibility index (Phi) is 6.20. The molecule has 0 fully saturated rings. The Labute approximate surface area is 145 Å². The van der Waals surface area contributed by atoms with Crippen molar-refractivity contribution in [3.05, 3.63) is 16.4 Å². The first-order valence-electron chi connectivity index (χ1n) is 6.87. The SMILES string of the molecule is CC(C)(C)OC(=O)N(c1nc(Cl)cc(Cl)n1)C(O)OC(C)(C)C. The van der Waals surface area contributed by atoms with Crippen molar-refractivity contribution in [1.29, 1.82) is 0 Å². The highest BCUT2D eigenvalue weighted by atomic mass is 35.5. The number of rotatable bonds is 3. The van der Waals surface area contributed by atoms with E-state index in [2.05, 4.69) is 9.97 Å². The molecule has 0 aliphatic heterocycles. The van der Waals surface area contributed by atoms with E-state index in [0.717, 1.165) is 4.90 Å². The second kappa shape index (κ2) is 7.17. The molecule has 0 aliphatic rings. The minimum Gasteiger partial charge on any atom is -0.443 e. The molecule has 0 aromatic carbocycles. The van der Waals surface area contributed by atoms with Crippen molar-refractivity contribution in [3.8, 4) is 0 Å². The molecule has 1 N–H and O–H groups in total. The third kappa shape index (κ3) is 6.87. The molecule has 9 heteroatoms. The van der Waals surface area contributed by atoms with Gasteiger partial charge in [-0.2, -0.15) is 4.90 Å². The van der Waals surface area contributed by atoms with Crippen molar-refractivity contribution in [2.75, 3.05) is 4.90 Å². The molecule has 1 heterocycles. The molecule has 0 saturated heterocycles. The number of nitrogens with zero attached hydrogens (tertiary/aromatic N) is 3. The van der Waals surface area contributed by atoms with Crippen molar-refractivity contribution in [1.82, 2.24) is 9.97 Å². The fraction of sp³-hybridized carbons (Fsp3) is 0.643. The van der Waals surface area contributed by atoms with E-state index in [0.29, 0.717) is 0 Å². The lowest BCUT2D eigenvalue weighted by Crippen LogP contribution is -2.48. The molecular formula is C14H21Cl2N3O4. The van der Waals surface area contributed by atoms with Gasteiger partial charge in [0.15, 0.2) is 0 Å². The van der Waals surface area contributed by atoms with Crippen LogP contribution in [0.15, 0.2) is 6.07 Å². The Morgan fingerprint density at radius 1 is 1.13 bits per heavy atom. The molecule has 0 spiro atoms. The largest absolute Gasteiger partial charge is 0.443 e. The Bertz CT molecular complexity index is 550. The molecule has 0 saturated carbocycles. The quantitative estimate of drug-likeness (QED) is 0.650. The van der Waals surface area contributed by atoms with Crippen LogP contribution in [0.2, 0.25) is 10.3 Å². The highest BCUT2D eigenvalue weighted by molar-refractivity contribution is 6.33. The number of anilines is 1. The van der Waals surface area contributed by atoms with E-state index in [1.807, 2.05) is 0 Å². The highest BCUT2D eigenvalue weighted by Gasteiger charge is 2.34. The molecule has 1 rings (SSSR count). The van der Waals surface area contributed by atoms with Gasteiger partial charge in [0.2, 0.25) is 12.4 Å². The molecule has 7 nitrogen and oxygen atoms in total. The molecule has 1 aromatic rings. The van der Waals surface area contributed by atoms with Gasteiger partial charge in [-0.05, 0) is 41.5 Å². The van der Waals surface area contributed by atoms with Crippen LogP contribution >= 0.6 is 23.2 Å². The van der Waals surface area contributed by atoms with Crippen molar-refractivity contribution in [2.45, 2.75) is 59.2 Å². The number of aromatic nitrogens is 2.